The number of nitrogens with one attached hydrogen (secondary N) is 1. The van der Waals surface area contributed by atoms with E-state index in [-0.39, 0.29) is 34.8 Å². The Morgan fingerprint density at radius 3 is 1.96 bits per heavy atom. The first-order valence-corrected chi connectivity index (χ1v) is 16.9. The van der Waals surface area contributed by atoms with Gasteiger partial charge in [0.2, 0.25) is 0 Å². The Labute approximate surface area is 290 Å². The molecule has 0 bridgehead atoms. The molecule has 0 saturated heterocycles. The molecule has 5 rings (SSSR count). The fraction of sp³-hybridized carbons (Fsp3) is 0.189. The van der Waals surface area contributed by atoms with E-state index in [1.54, 1.807) is 48.5 Å². The second-order valence-electron chi connectivity index (χ2n) is 11.0. The van der Waals surface area contributed by atoms with E-state index in [1.807, 2.05) is 36.4 Å². The molecule has 1 N–H and O–H groups in total. The van der Waals surface area contributed by atoms with Crippen LogP contribution in [-0.2, 0) is 22.7 Å². The van der Waals surface area contributed by atoms with Crippen LogP contribution in [0.1, 0.15) is 34.6 Å². The maximum Gasteiger partial charge on any atom is 0.417 e. The second-order valence-corrected chi connectivity index (χ2v) is 13.1. The second kappa shape index (κ2) is 16.9. The largest absolute Gasteiger partial charge is 0.493 e. The first-order valence-electron chi connectivity index (χ1n) is 15.1. The molecule has 0 amide bonds. The summed E-state index contributed by atoms with van der Waals surface area (Å²) in [5, 5.41) is -0.299. The minimum absolute atomic E-state index is 0. The van der Waals surface area contributed by atoms with Gasteiger partial charge >= 0.3 is 6.18 Å². The summed E-state index contributed by atoms with van der Waals surface area (Å²) in [6.45, 7) is 1.53. The van der Waals surface area contributed by atoms with Crippen LogP contribution in [0, 0.1) is 0 Å². The highest BCUT2D eigenvalue weighted by Gasteiger charge is 2.34. The Balaban J connectivity index is 0.00000520. The van der Waals surface area contributed by atoms with Gasteiger partial charge < -0.3 is 4.74 Å². The van der Waals surface area contributed by atoms with Crippen LogP contribution in [0.3, 0.4) is 0 Å². The number of alkyl halides is 3. The van der Waals surface area contributed by atoms with Gasteiger partial charge in [-0.1, -0.05) is 109 Å². The number of hydrogen-bond acceptors (Lipinski definition) is 4. The van der Waals surface area contributed by atoms with E-state index in [4.69, 9.17) is 16.3 Å². The lowest BCUT2D eigenvalue weighted by Crippen LogP contribution is -2.31. The number of benzene rings is 5. The molecule has 0 radical (unpaired) electrons. The van der Waals surface area contributed by atoms with Crippen LogP contribution in [0.2, 0.25) is 5.02 Å². The fourth-order valence-electron chi connectivity index (χ4n) is 5.37. The summed E-state index contributed by atoms with van der Waals surface area (Å²) in [6.07, 6.45) is -4.01. The van der Waals surface area contributed by atoms with Crippen LogP contribution in [0.25, 0.3) is 0 Å². The van der Waals surface area contributed by atoms with E-state index in [9.17, 15) is 21.6 Å². The fourth-order valence-corrected chi connectivity index (χ4v) is 6.73. The molecule has 48 heavy (non-hydrogen) atoms. The predicted octanol–water partition coefficient (Wildman–Crippen LogP) is 9.68. The minimum Gasteiger partial charge on any atom is -0.493 e. The molecule has 0 unspecified atom stereocenters. The topological polar surface area (TPSA) is 58.6 Å². The van der Waals surface area contributed by atoms with Gasteiger partial charge in [0.15, 0.2) is 0 Å². The summed E-state index contributed by atoms with van der Waals surface area (Å²) in [6, 6.07) is 38.8. The normalized spacial score (nSPS) is 11.7. The smallest absolute Gasteiger partial charge is 0.417 e. The zero-order chi connectivity index (χ0) is 33.3. The van der Waals surface area contributed by atoms with E-state index < -0.39 is 21.8 Å². The van der Waals surface area contributed by atoms with E-state index in [2.05, 4.69) is 33.9 Å². The summed E-state index contributed by atoms with van der Waals surface area (Å²) >= 11 is 6.33. The summed E-state index contributed by atoms with van der Waals surface area (Å²) in [7, 11) is -3.76. The number of anilines is 1. The lowest BCUT2D eigenvalue weighted by Gasteiger charge is -2.29. The Hall–Kier alpha value is -4.02. The SMILES string of the molecule is Cl.O=S(=O)(Nc1cccc(OCCCN(Cc2cccc(C(F)(F)F)c2Cl)CC(c2ccccc2)c2ccccc2)c1)c1ccccc1. The van der Waals surface area contributed by atoms with Crippen LogP contribution >= 0.6 is 24.0 Å². The van der Waals surface area contributed by atoms with E-state index >= 15 is 0 Å². The zero-order valence-corrected chi connectivity index (χ0v) is 28.2. The molecule has 5 aromatic carbocycles. The quantitative estimate of drug-likeness (QED) is 0.116. The molecule has 11 heteroatoms. The molecule has 252 valence electrons. The van der Waals surface area contributed by atoms with Gasteiger partial charge in [-0.15, -0.1) is 12.4 Å². The van der Waals surface area contributed by atoms with Gasteiger partial charge in [0.05, 0.1) is 27.8 Å². The summed E-state index contributed by atoms with van der Waals surface area (Å²) in [4.78, 5) is 2.25. The number of halogens is 5. The van der Waals surface area contributed by atoms with Crippen molar-refractivity contribution >= 4 is 39.7 Å². The predicted molar refractivity (Wildman–Crippen MR) is 188 cm³/mol. The maximum atomic E-state index is 13.7. The lowest BCUT2D eigenvalue weighted by atomic mass is 9.90. The average Bonchev–Trinajstić information content (AvgIpc) is 3.07. The summed E-state index contributed by atoms with van der Waals surface area (Å²) in [5.41, 5.74) is 2.07. The molecule has 0 spiro atoms. The molecule has 0 aliphatic rings. The number of hydrogen-bond donors (Lipinski definition) is 1. The Bertz CT molecular complexity index is 1810. The average molecular weight is 716 g/mol. The van der Waals surface area contributed by atoms with Crippen molar-refractivity contribution in [2.45, 2.75) is 30.0 Å². The number of nitrogens with zero attached hydrogens (tertiary/aromatic N) is 1. The van der Waals surface area contributed by atoms with Gasteiger partial charge in [0.1, 0.15) is 5.75 Å². The van der Waals surface area contributed by atoms with Crippen molar-refractivity contribution in [2.75, 3.05) is 24.4 Å². The molecular formula is C37H35Cl2F3N2O3S. The standard InChI is InChI=1S/C37H34ClF3N2O3S.ClH/c38-36-30(17-10-22-35(36)37(39,40)41)26-43(27-34(28-13-4-1-5-14-28)29-15-6-2-7-16-29)23-12-24-46-32-19-11-18-31(25-32)42-47(44,45)33-20-8-3-9-21-33;/h1-11,13-22,25,34,42H,12,23-24,26-27H2;1H. The lowest BCUT2D eigenvalue weighted by molar-refractivity contribution is -0.137. The van der Waals surface area contributed by atoms with Gasteiger partial charge in [-0.3, -0.25) is 9.62 Å². The van der Waals surface area contributed by atoms with Gasteiger partial charge in [-0.2, -0.15) is 13.2 Å². The molecule has 0 aliphatic heterocycles. The van der Waals surface area contributed by atoms with Crippen LogP contribution in [0.15, 0.2) is 138 Å². The highest BCUT2D eigenvalue weighted by atomic mass is 35.5. The minimum atomic E-state index is -4.56. The van der Waals surface area contributed by atoms with Gasteiger partial charge in [-0.25, -0.2) is 8.42 Å². The van der Waals surface area contributed by atoms with Crippen LogP contribution < -0.4 is 9.46 Å². The third-order valence-electron chi connectivity index (χ3n) is 7.65. The summed E-state index contributed by atoms with van der Waals surface area (Å²) < 4.78 is 75.1. The monoisotopic (exact) mass is 714 g/mol. The Kier molecular flexibility index (Phi) is 12.9. The molecule has 5 aromatic rings. The van der Waals surface area contributed by atoms with Gasteiger partial charge in [0, 0.05) is 31.6 Å². The first kappa shape index (κ1) is 36.8. The Morgan fingerprint density at radius 1 is 0.771 bits per heavy atom. The molecule has 0 aromatic heterocycles. The van der Waals surface area contributed by atoms with Gasteiger partial charge in [-0.05, 0) is 53.4 Å². The van der Waals surface area contributed by atoms with Crippen molar-refractivity contribution in [1.82, 2.24) is 4.90 Å². The van der Waals surface area contributed by atoms with Crippen LogP contribution in [0.4, 0.5) is 18.9 Å². The highest BCUT2D eigenvalue weighted by molar-refractivity contribution is 7.92. The van der Waals surface area contributed by atoms with E-state index in [0.29, 0.717) is 43.1 Å². The molecule has 5 nitrogen and oxygen atoms in total. The molecule has 0 fully saturated rings. The number of ether oxygens (including phenoxy) is 1. The molecule has 0 atom stereocenters. The third-order valence-corrected chi connectivity index (χ3v) is 9.49. The summed E-state index contributed by atoms with van der Waals surface area (Å²) in [5.74, 6) is 0.439. The van der Waals surface area contributed by atoms with E-state index in [0.717, 1.165) is 17.2 Å². The Morgan fingerprint density at radius 2 is 1.35 bits per heavy atom. The van der Waals surface area contributed by atoms with E-state index in [1.165, 1.54) is 18.2 Å². The van der Waals surface area contributed by atoms with Crippen molar-refractivity contribution in [3.63, 3.8) is 0 Å². The van der Waals surface area contributed by atoms with Crippen molar-refractivity contribution in [2.24, 2.45) is 0 Å². The molecule has 0 heterocycles. The maximum absolute atomic E-state index is 13.7. The van der Waals surface area contributed by atoms with Crippen molar-refractivity contribution < 1.29 is 26.3 Å². The molecule has 0 aliphatic carbocycles. The number of sulfonamides is 1. The molecule has 0 saturated carbocycles. The van der Waals surface area contributed by atoms with Crippen LogP contribution in [0.5, 0.6) is 5.75 Å². The van der Waals surface area contributed by atoms with Crippen molar-refractivity contribution in [1.29, 1.82) is 0 Å². The van der Waals surface area contributed by atoms with Crippen molar-refractivity contribution in [3.8, 4) is 5.75 Å². The van der Waals surface area contributed by atoms with Crippen LogP contribution in [-0.4, -0.2) is 33.0 Å². The van der Waals surface area contributed by atoms with Gasteiger partial charge in [0.25, 0.3) is 10.0 Å². The zero-order valence-electron chi connectivity index (χ0n) is 25.8. The third kappa shape index (κ3) is 10.00. The number of rotatable bonds is 14. The molecular weight excluding hydrogens is 680 g/mol. The van der Waals surface area contributed by atoms with Crippen molar-refractivity contribution in [3.05, 3.63) is 161 Å². The highest BCUT2D eigenvalue weighted by Crippen LogP contribution is 2.37. The first-order chi connectivity index (χ1) is 22.6.